The lowest BCUT2D eigenvalue weighted by Crippen LogP contribution is -2.44. The topological polar surface area (TPSA) is 141 Å². The average molecular weight is 623 g/mol. The predicted octanol–water partition coefficient (Wildman–Crippen LogP) is 4.16. The molecule has 45 heavy (non-hydrogen) atoms. The number of aliphatic hydroxyl groups is 1. The molecule has 4 rings (SSSR count). The van der Waals surface area contributed by atoms with Crippen LogP contribution in [-0.4, -0.2) is 65.4 Å². The van der Waals surface area contributed by atoms with Crippen molar-refractivity contribution in [3.8, 4) is 12.3 Å². The summed E-state index contributed by atoms with van der Waals surface area (Å²) in [6.45, 7) is 5.95. The zero-order valence-electron chi connectivity index (χ0n) is 26.5. The number of hydrogen-bond donors (Lipinski definition) is 2. The summed E-state index contributed by atoms with van der Waals surface area (Å²) in [4.78, 5) is 53.9. The van der Waals surface area contributed by atoms with Crippen molar-refractivity contribution in [3.05, 3.63) is 41.7 Å². The number of nitrogens with one attached hydrogen (secondary N) is 1. The van der Waals surface area contributed by atoms with Crippen molar-refractivity contribution in [2.45, 2.75) is 96.9 Å². The Morgan fingerprint density at radius 3 is 2.76 bits per heavy atom. The van der Waals surface area contributed by atoms with Crippen LogP contribution in [0.15, 0.2) is 36.2 Å². The van der Waals surface area contributed by atoms with E-state index in [2.05, 4.69) is 29.2 Å². The van der Waals surface area contributed by atoms with Crippen LogP contribution in [0.2, 0.25) is 0 Å². The number of esters is 3. The number of ether oxygens (including phenoxy) is 3. The first kappa shape index (κ1) is 34.2. The van der Waals surface area contributed by atoms with Crippen LogP contribution in [-0.2, 0) is 28.6 Å². The molecule has 2 fully saturated rings. The number of aliphatic hydroxyl groups excluding tert-OH is 1. The van der Waals surface area contributed by atoms with E-state index in [1.54, 1.807) is 32.2 Å². The molecule has 1 aromatic rings. The van der Waals surface area contributed by atoms with E-state index in [0.717, 1.165) is 19.3 Å². The van der Waals surface area contributed by atoms with Crippen molar-refractivity contribution in [3.63, 3.8) is 0 Å². The summed E-state index contributed by atoms with van der Waals surface area (Å²) in [6, 6.07) is 3.24. The third kappa shape index (κ3) is 9.40. The smallest absolute Gasteiger partial charge is 0.339 e. The van der Waals surface area contributed by atoms with Gasteiger partial charge >= 0.3 is 17.9 Å². The third-order valence-corrected chi connectivity index (χ3v) is 9.42. The summed E-state index contributed by atoms with van der Waals surface area (Å²) >= 11 is 0. The Morgan fingerprint density at radius 1 is 1.24 bits per heavy atom. The number of terminal acetylenes is 1. The molecule has 1 amide bonds. The highest BCUT2D eigenvalue weighted by Crippen LogP contribution is 2.48. The molecule has 244 valence electrons. The van der Waals surface area contributed by atoms with Crippen LogP contribution < -0.4 is 5.32 Å². The van der Waals surface area contributed by atoms with E-state index < -0.39 is 23.6 Å². The largest absolute Gasteiger partial charge is 0.462 e. The van der Waals surface area contributed by atoms with Gasteiger partial charge < -0.3 is 24.6 Å². The Balaban J connectivity index is 1.31. The van der Waals surface area contributed by atoms with Crippen LogP contribution in [0.4, 0.5) is 0 Å². The van der Waals surface area contributed by atoms with Gasteiger partial charge in [-0.25, -0.2) is 4.79 Å². The minimum Gasteiger partial charge on any atom is -0.462 e. The number of carbonyl (C=O) groups excluding carboxylic acids is 4. The minimum atomic E-state index is -0.917. The number of amides is 1. The summed E-state index contributed by atoms with van der Waals surface area (Å²) < 4.78 is 16.9. The van der Waals surface area contributed by atoms with Gasteiger partial charge in [-0.05, 0) is 69.9 Å². The number of aromatic nitrogens is 1. The minimum absolute atomic E-state index is 0.0139. The highest BCUT2D eigenvalue weighted by Gasteiger charge is 2.45. The monoisotopic (exact) mass is 622 g/mol. The van der Waals surface area contributed by atoms with Gasteiger partial charge in [0.25, 0.3) is 0 Å². The Morgan fingerprint density at radius 2 is 2.04 bits per heavy atom. The molecule has 10 nitrogen and oxygen atoms in total. The lowest BCUT2D eigenvalue weighted by Gasteiger charge is -2.46. The standard InChI is InChI=1S/C35H46N2O8/c1-5-23-17-24-9-8-22(2)28(11-10-27-19-26(38)20-31(40)44-27)32(24)29(18-23)45-34(42)35(3,4)13-12-30(39)37-15-16-43-33(41)25-7-6-14-36-21-25/h1,6-7,14,17,21-23,26-29,32,38H,8-13,15-16,18-20H2,2-4H3,(H,37,39)/t22-,23-,26+,27+,28-,29-,32-/m0/s1. The summed E-state index contributed by atoms with van der Waals surface area (Å²) in [5.41, 5.74) is 0.647. The van der Waals surface area contributed by atoms with Crippen molar-refractivity contribution in [1.29, 1.82) is 0 Å². The molecule has 3 aliphatic rings. The van der Waals surface area contributed by atoms with Gasteiger partial charge in [0.2, 0.25) is 5.91 Å². The zero-order valence-corrected chi connectivity index (χ0v) is 26.5. The van der Waals surface area contributed by atoms with Crippen LogP contribution in [0.5, 0.6) is 0 Å². The molecule has 0 radical (unpaired) electrons. The summed E-state index contributed by atoms with van der Waals surface area (Å²) in [5, 5.41) is 12.8. The number of cyclic esters (lactones) is 1. The Kier molecular flexibility index (Phi) is 11.8. The molecule has 2 N–H and O–H groups in total. The molecule has 2 heterocycles. The highest BCUT2D eigenvalue weighted by molar-refractivity contribution is 5.88. The summed E-state index contributed by atoms with van der Waals surface area (Å²) in [6.07, 6.45) is 14.3. The van der Waals surface area contributed by atoms with Gasteiger partial charge in [-0.3, -0.25) is 19.4 Å². The zero-order chi connectivity index (χ0) is 32.6. The van der Waals surface area contributed by atoms with Crippen LogP contribution >= 0.6 is 0 Å². The SMILES string of the molecule is C#C[C@H]1C=C2CC[C@H](C)[C@H](CC[C@@H]3C[C@@H](O)CC(=O)O3)[C@H]2[C@@H](OC(=O)C(C)(C)CCC(=O)NCCOC(=O)c2cccnc2)C1. The number of fused-ring (bicyclic) bond motifs is 1. The van der Waals surface area contributed by atoms with E-state index >= 15 is 0 Å². The first-order chi connectivity index (χ1) is 21.5. The fourth-order valence-corrected chi connectivity index (χ4v) is 6.77. The van der Waals surface area contributed by atoms with E-state index in [1.165, 1.54) is 11.8 Å². The first-order valence-electron chi connectivity index (χ1n) is 16.1. The van der Waals surface area contributed by atoms with Gasteiger partial charge in [0, 0.05) is 43.5 Å². The lowest BCUT2D eigenvalue weighted by atomic mass is 9.62. The Bertz CT molecular complexity index is 1290. The molecule has 7 atom stereocenters. The fraction of sp³-hybridized carbons (Fsp3) is 0.629. The number of hydrogen-bond acceptors (Lipinski definition) is 9. The van der Waals surface area contributed by atoms with Gasteiger partial charge in [0.15, 0.2) is 0 Å². The molecule has 0 spiro atoms. The molecule has 2 aliphatic carbocycles. The van der Waals surface area contributed by atoms with Gasteiger partial charge in [0.1, 0.15) is 18.8 Å². The van der Waals surface area contributed by atoms with E-state index in [0.29, 0.717) is 30.7 Å². The highest BCUT2D eigenvalue weighted by atomic mass is 16.6. The summed E-state index contributed by atoms with van der Waals surface area (Å²) in [7, 11) is 0. The van der Waals surface area contributed by atoms with Crippen LogP contribution in [0.25, 0.3) is 0 Å². The second-order valence-electron chi connectivity index (χ2n) is 13.3. The van der Waals surface area contributed by atoms with Gasteiger partial charge in [-0.1, -0.05) is 24.5 Å². The van der Waals surface area contributed by atoms with E-state index in [1.807, 2.05) is 0 Å². The summed E-state index contributed by atoms with van der Waals surface area (Å²) in [5.74, 6) is 1.81. The van der Waals surface area contributed by atoms with Crippen molar-refractivity contribution in [2.75, 3.05) is 13.2 Å². The number of allylic oxidation sites excluding steroid dienone is 1. The van der Waals surface area contributed by atoms with Crippen molar-refractivity contribution in [2.24, 2.45) is 29.1 Å². The van der Waals surface area contributed by atoms with Crippen LogP contribution in [0, 0.1) is 41.4 Å². The molecule has 1 saturated heterocycles. The maximum absolute atomic E-state index is 13.6. The lowest BCUT2D eigenvalue weighted by molar-refractivity contribution is -0.166. The van der Waals surface area contributed by atoms with Gasteiger partial charge in [0.05, 0.1) is 30.0 Å². The fourth-order valence-electron chi connectivity index (χ4n) is 6.77. The second-order valence-corrected chi connectivity index (χ2v) is 13.3. The molecule has 0 bridgehead atoms. The van der Waals surface area contributed by atoms with Gasteiger partial charge in [-0.15, -0.1) is 6.42 Å². The predicted molar refractivity (Wildman–Crippen MR) is 165 cm³/mol. The second kappa shape index (κ2) is 15.5. The molecule has 0 aromatic carbocycles. The number of carbonyl (C=O) groups is 4. The van der Waals surface area contributed by atoms with E-state index in [9.17, 15) is 24.3 Å². The van der Waals surface area contributed by atoms with Crippen molar-refractivity contribution >= 4 is 23.8 Å². The maximum Gasteiger partial charge on any atom is 0.339 e. The number of rotatable bonds is 12. The molecule has 0 unspecified atom stereocenters. The van der Waals surface area contributed by atoms with Crippen molar-refractivity contribution < 1.29 is 38.5 Å². The quantitative estimate of drug-likeness (QED) is 0.116. The average Bonchev–Trinajstić information content (AvgIpc) is 3.01. The number of nitrogens with zero attached hydrogens (tertiary/aromatic N) is 1. The molecule has 1 aromatic heterocycles. The van der Waals surface area contributed by atoms with Crippen molar-refractivity contribution in [1.82, 2.24) is 10.3 Å². The van der Waals surface area contributed by atoms with E-state index in [-0.39, 0.29) is 74.1 Å². The maximum atomic E-state index is 13.6. The molecular formula is C35H46N2O8. The molecular weight excluding hydrogens is 576 g/mol. The molecule has 10 heteroatoms. The third-order valence-electron chi connectivity index (χ3n) is 9.42. The normalized spacial score (nSPS) is 28.0. The van der Waals surface area contributed by atoms with Crippen LogP contribution in [0.3, 0.4) is 0 Å². The number of pyridine rings is 1. The van der Waals surface area contributed by atoms with Crippen LogP contribution in [0.1, 0.15) is 88.9 Å². The molecule has 1 saturated carbocycles. The molecule has 1 aliphatic heterocycles. The first-order valence-corrected chi connectivity index (χ1v) is 16.1. The van der Waals surface area contributed by atoms with E-state index in [4.69, 9.17) is 20.6 Å². The Labute approximate surface area is 265 Å². The Hall–Kier alpha value is -3.71. The van der Waals surface area contributed by atoms with Gasteiger partial charge in [-0.2, -0.15) is 0 Å².